The van der Waals surface area contributed by atoms with E-state index in [2.05, 4.69) is 51.0 Å². The molecule has 0 saturated carbocycles. The molecule has 8 heteroatoms. The van der Waals surface area contributed by atoms with E-state index in [0.29, 0.717) is 15.9 Å². The maximum absolute atomic E-state index is 12.8. The van der Waals surface area contributed by atoms with Gasteiger partial charge >= 0.3 is 0 Å². The summed E-state index contributed by atoms with van der Waals surface area (Å²) >= 11 is 9.48. The number of nitrogens with one attached hydrogen (secondary N) is 1. The molecule has 1 N–H and O–H groups in total. The van der Waals surface area contributed by atoms with Crippen molar-refractivity contribution in [1.29, 1.82) is 0 Å². The molecule has 4 aromatic rings. The molecule has 0 spiro atoms. The third-order valence-electron chi connectivity index (χ3n) is 5.38. The first-order valence-electron chi connectivity index (χ1n) is 10.6. The number of halogens is 2. The molecule has 4 aromatic carbocycles. The summed E-state index contributed by atoms with van der Waals surface area (Å²) in [6.07, 6.45) is 3.37. The number of sulfonamides is 1. The van der Waals surface area contributed by atoms with Gasteiger partial charge in [-0.2, -0.15) is 0 Å². The van der Waals surface area contributed by atoms with Gasteiger partial charge in [0.1, 0.15) is 10.6 Å². The summed E-state index contributed by atoms with van der Waals surface area (Å²) < 4.78 is 33.3. The van der Waals surface area contributed by atoms with Crippen LogP contribution in [0.5, 0.6) is 5.75 Å². The maximum Gasteiger partial charge on any atom is 0.268 e. The molecule has 178 valence electrons. The molecule has 0 aromatic heterocycles. The molecular formula is C27H21BrClNO4S. The molecule has 0 aliphatic heterocycles. The molecule has 0 aliphatic rings. The monoisotopic (exact) mass is 569 g/mol. The summed E-state index contributed by atoms with van der Waals surface area (Å²) in [6.45, 7) is 0. The van der Waals surface area contributed by atoms with Crippen molar-refractivity contribution in [2.45, 2.75) is 11.3 Å². The largest absolute Gasteiger partial charge is 0.495 e. The van der Waals surface area contributed by atoms with E-state index in [1.54, 1.807) is 24.3 Å². The van der Waals surface area contributed by atoms with Crippen LogP contribution in [0, 0.1) is 0 Å². The predicted octanol–water partition coefficient (Wildman–Crippen LogP) is 6.37. The second-order valence-corrected chi connectivity index (χ2v) is 10.8. The third kappa shape index (κ3) is 6.11. The fraction of sp³-hybridized carbons (Fsp3) is 0.0741. The highest BCUT2D eigenvalue weighted by Gasteiger charge is 2.21. The van der Waals surface area contributed by atoms with Crippen molar-refractivity contribution in [3.05, 3.63) is 111 Å². The minimum absolute atomic E-state index is 0.132. The first-order chi connectivity index (χ1) is 16.7. The zero-order chi connectivity index (χ0) is 25.0. The molecule has 0 aliphatic carbocycles. The number of benzene rings is 4. The van der Waals surface area contributed by atoms with Crippen LogP contribution in [0.25, 0.3) is 16.8 Å². The molecule has 5 nitrogen and oxygen atoms in total. The molecule has 0 bridgehead atoms. The lowest BCUT2D eigenvalue weighted by molar-refractivity contribution is -0.114. The lowest BCUT2D eigenvalue weighted by Crippen LogP contribution is -2.29. The van der Waals surface area contributed by atoms with Crippen molar-refractivity contribution in [3.8, 4) is 5.75 Å². The van der Waals surface area contributed by atoms with Gasteiger partial charge in [-0.1, -0.05) is 76.1 Å². The highest BCUT2D eigenvalue weighted by Crippen LogP contribution is 2.27. The number of ether oxygens (including phenoxy) is 1. The Morgan fingerprint density at radius 2 is 1.77 bits per heavy atom. The van der Waals surface area contributed by atoms with Gasteiger partial charge in [-0.15, -0.1) is 0 Å². The quantitative estimate of drug-likeness (QED) is 0.262. The van der Waals surface area contributed by atoms with Gasteiger partial charge in [0.25, 0.3) is 15.9 Å². The van der Waals surface area contributed by atoms with E-state index in [1.165, 1.54) is 25.3 Å². The summed E-state index contributed by atoms with van der Waals surface area (Å²) in [7, 11) is -2.78. The van der Waals surface area contributed by atoms with Crippen LogP contribution in [-0.2, 0) is 21.2 Å². The lowest BCUT2D eigenvalue weighted by atomic mass is 9.97. The normalized spacial score (nSPS) is 11.6. The van der Waals surface area contributed by atoms with E-state index in [9.17, 15) is 13.2 Å². The van der Waals surface area contributed by atoms with E-state index in [-0.39, 0.29) is 10.6 Å². The average molecular weight is 571 g/mol. The van der Waals surface area contributed by atoms with Crippen LogP contribution < -0.4 is 9.46 Å². The van der Waals surface area contributed by atoms with Crippen molar-refractivity contribution in [1.82, 2.24) is 4.72 Å². The number of carbonyl (C=O) groups excluding carboxylic acids is 1. The molecule has 4 rings (SSSR count). The van der Waals surface area contributed by atoms with Gasteiger partial charge in [0.2, 0.25) is 0 Å². The third-order valence-corrected chi connectivity index (χ3v) is 7.47. The topological polar surface area (TPSA) is 72.5 Å². The van der Waals surface area contributed by atoms with E-state index in [1.807, 2.05) is 18.2 Å². The number of carbonyl (C=O) groups is 1. The van der Waals surface area contributed by atoms with Crippen molar-refractivity contribution in [2.24, 2.45) is 0 Å². The Balaban J connectivity index is 1.56. The number of fused-ring (bicyclic) bond motifs is 1. The highest BCUT2D eigenvalue weighted by molar-refractivity contribution is 9.10. The van der Waals surface area contributed by atoms with Gasteiger partial charge in [0, 0.05) is 15.6 Å². The minimum atomic E-state index is -4.14. The first kappa shape index (κ1) is 25.0. The van der Waals surface area contributed by atoms with Gasteiger partial charge in [-0.25, -0.2) is 13.1 Å². The highest BCUT2D eigenvalue weighted by atomic mass is 79.9. The van der Waals surface area contributed by atoms with Crippen LogP contribution >= 0.6 is 27.5 Å². The standard InChI is InChI=1S/C27H21BrClNO4S/c1-34-25-12-10-23(28)17-26(25)35(32,33)30-27(31)13-9-20-8-11-24(29)16-22(20)15-18-6-7-19-4-2-3-5-21(19)14-18/h2-14,16-17H,15H2,1H3,(H,30,31). The summed E-state index contributed by atoms with van der Waals surface area (Å²) in [5.41, 5.74) is 2.76. The fourth-order valence-corrected chi connectivity index (χ4v) is 5.55. The Labute approximate surface area is 217 Å². The number of hydrogen-bond acceptors (Lipinski definition) is 4. The Morgan fingerprint density at radius 3 is 2.54 bits per heavy atom. The molecule has 0 radical (unpaired) electrons. The number of methoxy groups -OCH3 is 1. The molecule has 0 atom stereocenters. The zero-order valence-corrected chi connectivity index (χ0v) is 21.8. The molecule has 0 fully saturated rings. The molecule has 35 heavy (non-hydrogen) atoms. The Hall–Kier alpha value is -3.13. The molecule has 1 amide bonds. The van der Waals surface area contributed by atoms with Gasteiger partial charge in [0.15, 0.2) is 0 Å². The summed E-state index contributed by atoms with van der Waals surface area (Å²) in [4.78, 5) is 12.4. The lowest BCUT2D eigenvalue weighted by Gasteiger charge is -2.10. The summed E-state index contributed by atoms with van der Waals surface area (Å²) in [5.74, 6) is -0.647. The predicted molar refractivity (Wildman–Crippen MR) is 143 cm³/mol. The van der Waals surface area contributed by atoms with Crippen LogP contribution in [-0.4, -0.2) is 21.4 Å². The van der Waals surface area contributed by atoms with E-state index < -0.39 is 15.9 Å². The van der Waals surface area contributed by atoms with Crippen molar-refractivity contribution < 1.29 is 17.9 Å². The van der Waals surface area contributed by atoms with Crippen LogP contribution in [0.15, 0.2) is 94.3 Å². The van der Waals surface area contributed by atoms with Gasteiger partial charge in [-0.3, -0.25) is 4.79 Å². The van der Waals surface area contributed by atoms with E-state index in [4.69, 9.17) is 16.3 Å². The van der Waals surface area contributed by atoms with Gasteiger partial charge < -0.3 is 4.74 Å². The number of amides is 1. The molecular weight excluding hydrogens is 550 g/mol. The zero-order valence-electron chi connectivity index (χ0n) is 18.7. The first-order valence-corrected chi connectivity index (χ1v) is 13.2. The number of hydrogen-bond donors (Lipinski definition) is 1. The van der Waals surface area contributed by atoms with Crippen LogP contribution in [0.3, 0.4) is 0 Å². The van der Waals surface area contributed by atoms with Crippen molar-refractivity contribution in [3.63, 3.8) is 0 Å². The van der Waals surface area contributed by atoms with E-state index >= 15 is 0 Å². The number of rotatable bonds is 7. The Morgan fingerprint density at radius 1 is 1.00 bits per heavy atom. The van der Waals surface area contributed by atoms with Crippen molar-refractivity contribution in [2.75, 3.05) is 7.11 Å². The average Bonchev–Trinajstić information content (AvgIpc) is 2.83. The van der Waals surface area contributed by atoms with E-state index in [0.717, 1.165) is 27.5 Å². The Bertz CT molecular complexity index is 1550. The molecule has 0 heterocycles. The molecule has 0 unspecified atom stereocenters. The maximum atomic E-state index is 12.8. The fourth-order valence-electron chi connectivity index (χ4n) is 3.71. The SMILES string of the molecule is COc1ccc(Br)cc1S(=O)(=O)NC(=O)C=Cc1ccc(Cl)cc1Cc1ccc2ccccc2c1. The van der Waals surface area contributed by atoms with Crippen molar-refractivity contribution >= 4 is 60.3 Å². The second-order valence-electron chi connectivity index (χ2n) is 7.80. The molecule has 0 saturated heterocycles. The second kappa shape index (κ2) is 10.6. The van der Waals surface area contributed by atoms with Gasteiger partial charge in [-0.05, 0) is 70.3 Å². The summed E-state index contributed by atoms with van der Waals surface area (Å²) in [6, 6.07) is 24.3. The van der Waals surface area contributed by atoms with Crippen LogP contribution in [0.4, 0.5) is 0 Å². The summed E-state index contributed by atoms with van der Waals surface area (Å²) in [5, 5.41) is 2.87. The minimum Gasteiger partial charge on any atom is -0.495 e. The Kier molecular flexibility index (Phi) is 7.60. The van der Waals surface area contributed by atoms with Crippen LogP contribution in [0.2, 0.25) is 5.02 Å². The van der Waals surface area contributed by atoms with Gasteiger partial charge in [0.05, 0.1) is 7.11 Å². The smallest absolute Gasteiger partial charge is 0.268 e. The van der Waals surface area contributed by atoms with Crippen LogP contribution in [0.1, 0.15) is 16.7 Å².